The van der Waals surface area contributed by atoms with E-state index < -0.39 is 0 Å². The van der Waals surface area contributed by atoms with Crippen LogP contribution in [0.25, 0.3) is 0 Å². The molecule has 1 heterocycles. The van der Waals surface area contributed by atoms with E-state index >= 15 is 0 Å². The average molecular weight is 279 g/mol. The minimum atomic E-state index is 0.495. The highest BCUT2D eigenvalue weighted by molar-refractivity contribution is 7.71. The van der Waals surface area contributed by atoms with Crippen LogP contribution in [0.5, 0.6) is 0 Å². The molecule has 0 radical (unpaired) electrons. The maximum atomic E-state index is 5.92. The Morgan fingerprint density at radius 2 is 2.33 bits per heavy atom. The molecule has 2 aromatic rings. The third-order valence-corrected chi connectivity index (χ3v) is 3.29. The van der Waals surface area contributed by atoms with Gasteiger partial charge < -0.3 is 0 Å². The van der Waals surface area contributed by atoms with E-state index in [9.17, 15) is 0 Å². The van der Waals surface area contributed by atoms with Crippen molar-refractivity contribution < 1.29 is 0 Å². The molecule has 6 heteroatoms. The van der Waals surface area contributed by atoms with Gasteiger partial charge in [0, 0.05) is 10.9 Å². The van der Waals surface area contributed by atoms with Crippen molar-refractivity contribution in [3.8, 4) is 0 Å². The largest absolute Gasteiger partial charge is 0.250 e. The Hall–Kier alpha value is -1.46. The van der Waals surface area contributed by atoms with Gasteiger partial charge in [0.1, 0.15) is 0 Å². The number of hydrogen-bond acceptors (Lipinski definition) is 3. The first-order chi connectivity index (χ1) is 8.74. The molecule has 0 atom stereocenters. The molecule has 1 aliphatic carbocycles. The topological polar surface area (TPSA) is 46.0 Å². The van der Waals surface area contributed by atoms with Crippen molar-refractivity contribution in [2.45, 2.75) is 18.8 Å². The molecule has 0 aliphatic heterocycles. The predicted molar refractivity (Wildman–Crippen MR) is 73.8 cm³/mol. The normalized spacial score (nSPS) is 15.4. The molecule has 92 valence electrons. The van der Waals surface area contributed by atoms with E-state index in [0.717, 1.165) is 24.2 Å². The maximum Gasteiger partial charge on any atom is 0.216 e. The van der Waals surface area contributed by atoms with Crippen molar-refractivity contribution in [2.75, 3.05) is 0 Å². The van der Waals surface area contributed by atoms with Gasteiger partial charge in [0.25, 0.3) is 0 Å². The Labute approximate surface area is 114 Å². The third-order valence-electron chi connectivity index (χ3n) is 2.79. The van der Waals surface area contributed by atoms with Crippen LogP contribution in [0.3, 0.4) is 0 Å². The Morgan fingerprint density at radius 1 is 1.50 bits per heavy atom. The summed E-state index contributed by atoms with van der Waals surface area (Å²) in [5.41, 5.74) is 0.937. The van der Waals surface area contributed by atoms with Crippen LogP contribution in [0.15, 0.2) is 29.4 Å². The summed E-state index contributed by atoms with van der Waals surface area (Å²) in [7, 11) is 0. The van der Waals surface area contributed by atoms with E-state index in [1.54, 1.807) is 10.9 Å². The Morgan fingerprint density at radius 3 is 3.06 bits per heavy atom. The van der Waals surface area contributed by atoms with Gasteiger partial charge in [-0.2, -0.15) is 14.9 Å². The number of aromatic nitrogens is 3. The zero-order valence-corrected chi connectivity index (χ0v) is 11.1. The summed E-state index contributed by atoms with van der Waals surface area (Å²) in [4.78, 5) is 0. The van der Waals surface area contributed by atoms with Gasteiger partial charge in [0.15, 0.2) is 5.82 Å². The standard InChI is InChI=1S/C12H11ClN4S/c13-10-3-1-2-8(6-10)7-14-17-11(9-4-5-9)15-16-12(17)18/h1-3,6-7,9H,4-5H2,(H,16,18)/b14-7-. The van der Waals surface area contributed by atoms with Crippen molar-refractivity contribution in [1.82, 2.24) is 14.9 Å². The second-order valence-corrected chi connectivity index (χ2v) is 5.10. The predicted octanol–water partition coefficient (Wildman–Crippen LogP) is 3.35. The lowest BCUT2D eigenvalue weighted by atomic mass is 10.2. The van der Waals surface area contributed by atoms with E-state index in [1.165, 1.54) is 0 Å². The fourth-order valence-corrected chi connectivity index (χ4v) is 2.12. The van der Waals surface area contributed by atoms with Gasteiger partial charge in [-0.15, -0.1) is 0 Å². The van der Waals surface area contributed by atoms with E-state index in [-0.39, 0.29) is 0 Å². The second kappa shape index (κ2) is 4.66. The number of nitrogens with one attached hydrogen (secondary N) is 1. The van der Waals surface area contributed by atoms with Gasteiger partial charge >= 0.3 is 0 Å². The molecule has 1 saturated carbocycles. The lowest BCUT2D eigenvalue weighted by molar-refractivity contribution is 0.773. The van der Waals surface area contributed by atoms with Crippen LogP contribution in [0.1, 0.15) is 30.1 Å². The molecule has 1 aromatic heterocycles. The number of H-pyrrole nitrogens is 1. The van der Waals surface area contributed by atoms with Crippen molar-refractivity contribution >= 4 is 30.0 Å². The molecule has 0 amide bonds. The molecule has 1 aliphatic rings. The van der Waals surface area contributed by atoms with Gasteiger partial charge in [-0.1, -0.05) is 23.7 Å². The summed E-state index contributed by atoms with van der Waals surface area (Å²) in [6, 6.07) is 7.51. The molecule has 0 spiro atoms. The quantitative estimate of drug-likeness (QED) is 0.691. The van der Waals surface area contributed by atoms with E-state index in [2.05, 4.69) is 15.3 Å². The van der Waals surface area contributed by atoms with Crippen molar-refractivity contribution in [1.29, 1.82) is 0 Å². The molecule has 0 unspecified atom stereocenters. The van der Waals surface area contributed by atoms with Crippen molar-refractivity contribution in [2.24, 2.45) is 5.10 Å². The second-order valence-electron chi connectivity index (χ2n) is 4.27. The smallest absolute Gasteiger partial charge is 0.216 e. The van der Waals surface area contributed by atoms with Crippen LogP contribution < -0.4 is 0 Å². The van der Waals surface area contributed by atoms with Crippen LogP contribution in [-0.2, 0) is 0 Å². The highest BCUT2D eigenvalue weighted by Gasteiger charge is 2.29. The summed E-state index contributed by atoms with van der Waals surface area (Å²) in [5.74, 6) is 1.41. The minimum absolute atomic E-state index is 0.495. The highest BCUT2D eigenvalue weighted by atomic mass is 35.5. The lowest BCUT2D eigenvalue weighted by Crippen LogP contribution is -1.97. The third kappa shape index (κ3) is 2.37. The fraction of sp³-hybridized carbons (Fsp3) is 0.250. The number of rotatable bonds is 3. The molecule has 0 saturated heterocycles. The van der Waals surface area contributed by atoms with Gasteiger partial charge in [-0.05, 0) is 42.8 Å². The molecule has 3 rings (SSSR count). The zero-order valence-electron chi connectivity index (χ0n) is 9.51. The highest BCUT2D eigenvalue weighted by Crippen LogP contribution is 2.38. The van der Waals surface area contributed by atoms with E-state index in [4.69, 9.17) is 23.8 Å². The molecule has 1 fully saturated rings. The summed E-state index contributed by atoms with van der Waals surface area (Å²) in [5, 5.41) is 12.1. The first-order valence-corrected chi connectivity index (χ1v) is 6.50. The fourth-order valence-electron chi connectivity index (χ4n) is 1.73. The van der Waals surface area contributed by atoms with E-state index in [0.29, 0.717) is 15.7 Å². The van der Waals surface area contributed by atoms with Gasteiger partial charge in [-0.25, -0.2) is 0 Å². The molecule has 4 nitrogen and oxygen atoms in total. The number of aromatic amines is 1. The Bertz CT molecular complexity index is 654. The summed E-state index contributed by atoms with van der Waals surface area (Å²) >= 11 is 11.1. The maximum absolute atomic E-state index is 5.92. The monoisotopic (exact) mass is 278 g/mol. The van der Waals surface area contributed by atoms with Gasteiger partial charge in [-0.3, -0.25) is 5.10 Å². The first kappa shape index (κ1) is 11.6. The number of benzene rings is 1. The summed E-state index contributed by atoms with van der Waals surface area (Å²) in [6.45, 7) is 0. The van der Waals surface area contributed by atoms with E-state index in [1.807, 2.05) is 24.3 Å². The summed E-state index contributed by atoms with van der Waals surface area (Å²) < 4.78 is 2.21. The number of hydrogen-bond donors (Lipinski definition) is 1. The van der Waals surface area contributed by atoms with Crippen molar-refractivity contribution in [3.63, 3.8) is 0 Å². The average Bonchev–Trinajstić information content (AvgIpc) is 3.12. The van der Waals surface area contributed by atoms with Crippen LogP contribution in [0.4, 0.5) is 0 Å². The minimum Gasteiger partial charge on any atom is -0.250 e. The van der Waals surface area contributed by atoms with Crippen LogP contribution in [0.2, 0.25) is 5.02 Å². The Kier molecular flexibility index (Phi) is 3.01. The van der Waals surface area contributed by atoms with Crippen molar-refractivity contribution in [3.05, 3.63) is 45.4 Å². The van der Waals surface area contributed by atoms with Gasteiger partial charge in [0.2, 0.25) is 4.77 Å². The van der Waals surface area contributed by atoms with Crippen LogP contribution >= 0.6 is 23.8 Å². The number of halogens is 1. The summed E-state index contributed by atoms with van der Waals surface area (Å²) in [6.07, 6.45) is 4.06. The molecular weight excluding hydrogens is 268 g/mol. The van der Waals surface area contributed by atoms with Crippen LogP contribution in [-0.4, -0.2) is 21.1 Å². The molecule has 18 heavy (non-hydrogen) atoms. The Balaban J connectivity index is 1.92. The SMILES string of the molecule is S=c1[nH]nc(C2CC2)n1/N=C\c1cccc(Cl)c1. The lowest BCUT2D eigenvalue weighted by Gasteiger charge is -1.98. The number of nitrogens with zero attached hydrogens (tertiary/aromatic N) is 3. The van der Waals surface area contributed by atoms with Crippen LogP contribution in [0, 0.1) is 4.77 Å². The molecule has 1 N–H and O–H groups in total. The van der Waals surface area contributed by atoms with Gasteiger partial charge in [0.05, 0.1) is 6.21 Å². The molecule has 1 aromatic carbocycles. The first-order valence-electron chi connectivity index (χ1n) is 5.71. The zero-order chi connectivity index (χ0) is 12.5. The molecule has 0 bridgehead atoms. The molecular formula is C12H11ClN4S.